The largest absolute Gasteiger partial charge is 0.347 e. The number of hydrogen-bond acceptors (Lipinski definition) is 5. The molecule has 2 heterocycles. The third-order valence-corrected chi connectivity index (χ3v) is 3.26. The van der Waals surface area contributed by atoms with Crippen LogP contribution >= 0.6 is 0 Å². The number of hydrogen-bond donors (Lipinski definition) is 2. The summed E-state index contributed by atoms with van der Waals surface area (Å²) in [5.41, 5.74) is -0.454. The summed E-state index contributed by atoms with van der Waals surface area (Å²) in [5.74, 6) is 0.142. The maximum atomic E-state index is 12.0. The second-order valence-electron chi connectivity index (χ2n) is 5.09. The van der Waals surface area contributed by atoms with Gasteiger partial charge in [-0.05, 0) is 6.92 Å². The normalized spacial score (nSPS) is 12.4. The van der Waals surface area contributed by atoms with Crippen LogP contribution in [0.15, 0.2) is 9.59 Å². The zero-order chi connectivity index (χ0) is 15.9. The van der Waals surface area contributed by atoms with Gasteiger partial charge in [0.1, 0.15) is 6.04 Å². The van der Waals surface area contributed by atoms with Gasteiger partial charge in [-0.25, -0.2) is 4.79 Å². The van der Waals surface area contributed by atoms with Gasteiger partial charge in [0.2, 0.25) is 11.9 Å². The molecule has 9 heteroatoms. The number of aryl methyl sites for hydroxylation is 1. The van der Waals surface area contributed by atoms with Crippen LogP contribution in [-0.4, -0.2) is 50.0 Å². The molecular formula is C12H18N6O3. The Morgan fingerprint density at radius 1 is 1.29 bits per heavy atom. The van der Waals surface area contributed by atoms with E-state index in [1.807, 2.05) is 0 Å². The standard InChI is InChI=1S/C12H18N6O3/c1-6(9(19)16(2)3)13-11-14-7-8(15-11)17(4)12(21)18(5)10(7)20/h6H,1-5H3,(H2,13,14,15). The minimum atomic E-state index is -0.513. The number of nitrogens with zero attached hydrogens (tertiary/aromatic N) is 4. The minimum absolute atomic E-state index is 0.128. The van der Waals surface area contributed by atoms with Gasteiger partial charge in [-0.1, -0.05) is 0 Å². The number of likely N-dealkylation sites (N-methyl/N-ethyl adjacent to an activating group) is 1. The van der Waals surface area contributed by atoms with E-state index in [2.05, 4.69) is 15.3 Å². The number of rotatable bonds is 3. The van der Waals surface area contributed by atoms with Crippen molar-refractivity contribution in [2.75, 3.05) is 19.4 Å². The zero-order valence-corrected chi connectivity index (χ0v) is 12.6. The molecule has 2 N–H and O–H groups in total. The van der Waals surface area contributed by atoms with Gasteiger partial charge in [0.25, 0.3) is 5.56 Å². The number of aromatic nitrogens is 4. The molecule has 21 heavy (non-hydrogen) atoms. The molecule has 0 fully saturated rings. The summed E-state index contributed by atoms with van der Waals surface area (Å²) in [7, 11) is 6.23. The van der Waals surface area contributed by atoms with E-state index in [1.54, 1.807) is 21.0 Å². The van der Waals surface area contributed by atoms with Gasteiger partial charge in [-0.15, -0.1) is 0 Å². The van der Waals surface area contributed by atoms with Crippen LogP contribution in [0.2, 0.25) is 0 Å². The molecule has 0 aromatic carbocycles. The molecule has 1 atom stereocenters. The summed E-state index contributed by atoms with van der Waals surface area (Å²) in [6.45, 7) is 1.69. The summed E-state index contributed by atoms with van der Waals surface area (Å²) in [5, 5.41) is 2.88. The highest BCUT2D eigenvalue weighted by molar-refractivity contribution is 5.84. The van der Waals surface area contributed by atoms with Crippen molar-refractivity contribution in [3.63, 3.8) is 0 Å². The highest BCUT2D eigenvalue weighted by Gasteiger charge is 2.18. The fourth-order valence-corrected chi connectivity index (χ4v) is 2.05. The van der Waals surface area contributed by atoms with Gasteiger partial charge in [0.15, 0.2) is 11.2 Å². The molecule has 0 radical (unpaired) electrons. The molecular weight excluding hydrogens is 276 g/mol. The van der Waals surface area contributed by atoms with E-state index in [-0.39, 0.29) is 23.0 Å². The average molecular weight is 294 g/mol. The Hall–Kier alpha value is -2.58. The first-order valence-electron chi connectivity index (χ1n) is 6.37. The Labute approximate surface area is 120 Å². The molecule has 0 bridgehead atoms. The van der Waals surface area contributed by atoms with Crippen LogP contribution < -0.4 is 16.6 Å². The Morgan fingerprint density at radius 3 is 2.48 bits per heavy atom. The van der Waals surface area contributed by atoms with Crippen molar-refractivity contribution in [1.82, 2.24) is 24.0 Å². The number of H-pyrrole nitrogens is 1. The number of aromatic amines is 1. The van der Waals surface area contributed by atoms with E-state index in [4.69, 9.17) is 0 Å². The first-order chi connectivity index (χ1) is 9.73. The van der Waals surface area contributed by atoms with Crippen LogP contribution in [0, 0.1) is 0 Å². The monoisotopic (exact) mass is 294 g/mol. The van der Waals surface area contributed by atoms with E-state index in [9.17, 15) is 14.4 Å². The van der Waals surface area contributed by atoms with Crippen LogP contribution in [0.25, 0.3) is 11.2 Å². The van der Waals surface area contributed by atoms with Crippen LogP contribution in [0.3, 0.4) is 0 Å². The Balaban J connectivity index is 2.48. The van der Waals surface area contributed by atoms with Gasteiger partial charge in [0.05, 0.1) is 0 Å². The number of carbonyl (C=O) groups excluding carboxylic acids is 1. The molecule has 9 nitrogen and oxygen atoms in total. The second-order valence-corrected chi connectivity index (χ2v) is 5.09. The molecule has 1 amide bonds. The van der Waals surface area contributed by atoms with Crippen molar-refractivity contribution in [2.24, 2.45) is 14.1 Å². The zero-order valence-electron chi connectivity index (χ0n) is 12.6. The predicted octanol–water partition coefficient (Wildman–Crippen LogP) is -1.15. The highest BCUT2D eigenvalue weighted by Crippen LogP contribution is 2.09. The van der Waals surface area contributed by atoms with Crippen molar-refractivity contribution < 1.29 is 4.79 Å². The average Bonchev–Trinajstić information content (AvgIpc) is 2.85. The molecule has 0 aliphatic carbocycles. The van der Waals surface area contributed by atoms with Crippen molar-refractivity contribution >= 4 is 23.0 Å². The lowest BCUT2D eigenvalue weighted by Crippen LogP contribution is -2.37. The lowest BCUT2D eigenvalue weighted by molar-refractivity contribution is -0.129. The number of imidazole rings is 1. The molecule has 0 aliphatic heterocycles. The van der Waals surface area contributed by atoms with Crippen molar-refractivity contribution in [2.45, 2.75) is 13.0 Å². The summed E-state index contributed by atoms with van der Waals surface area (Å²) in [4.78, 5) is 44.1. The third-order valence-electron chi connectivity index (χ3n) is 3.26. The Kier molecular flexibility index (Phi) is 3.58. The van der Waals surface area contributed by atoms with E-state index >= 15 is 0 Å². The number of amides is 1. The highest BCUT2D eigenvalue weighted by atomic mass is 16.2. The lowest BCUT2D eigenvalue weighted by Gasteiger charge is -2.17. The van der Waals surface area contributed by atoms with Crippen molar-refractivity contribution in [3.05, 3.63) is 20.8 Å². The molecule has 2 aromatic heterocycles. The molecule has 114 valence electrons. The molecule has 0 saturated carbocycles. The van der Waals surface area contributed by atoms with Crippen LogP contribution in [0.1, 0.15) is 6.92 Å². The topological polar surface area (TPSA) is 105 Å². The van der Waals surface area contributed by atoms with E-state index in [1.165, 1.54) is 23.6 Å². The number of fused-ring (bicyclic) bond motifs is 1. The Bertz CT molecular complexity index is 813. The Morgan fingerprint density at radius 2 is 1.90 bits per heavy atom. The fourth-order valence-electron chi connectivity index (χ4n) is 2.05. The van der Waals surface area contributed by atoms with Gasteiger partial charge >= 0.3 is 5.69 Å². The fraction of sp³-hybridized carbons (Fsp3) is 0.500. The summed E-state index contributed by atoms with van der Waals surface area (Å²) in [6, 6.07) is -0.513. The summed E-state index contributed by atoms with van der Waals surface area (Å²) < 4.78 is 2.27. The molecule has 1 unspecified atom stereocenters. The molecule has 0 spiro atoms. The van der Waals surface area contributed by atoms with Crippen LogP contribution in [0.5, 0.6) is 0 Å². The van der Waals surface area contributed by atoms with Gasteiger partial charge in [0, 0.05) is 28.2 Å². The van der Waals surface area contributed by atoms with Crippen LogP contribution in [0.4, 0.5) is 5.95 Å². The van der Waals surface area contributed by atoms with Crippen LogP contribution in [-0.2, 0) is 18.9 Å². The van der Waals surface area contributed by atoms with Crippen molar-refractivity contribution in [1.29, 1.82) is 0 Å². The quantitative estimate of drug-likeness (QED) is 0.743. The smallest absolute Gasteiger partial charge is 0.332 e. The van der Waals surface area contributed by atoms with Gasteiger partial charge in [-0.3, -0.25) is 18.7 Å². The minimum Gasteiger partial charge on any atom is -0.347 e. The summed E-state index contributed by atoms with van der Waals surface area (Å²) >= 11 is 0. The molecule has 0 saturated heterocycles. The number of nitrogens with one attached hydrogen (secondary N) is 2. The number of anilines is 1. The van der Waals surface area contributed by atoms with Crippen molar-refractivity contribution in [3.8, 4) is 0 Å². The maximum Gasteiger partial charge on any atom is 0.332 e. The van der Waals surface area contributed by atoms with E-state index in [0.717, 1.165) is 4.57 Å². The third kappa shape index (κ3) is 2.41. The first-order valence-corrected chi connectivity index (χ1v) is 6.37. The maximum absolute atomic E-state index is 12.0. The molecule has 2 rings (SSSR count). The molecule has 2 aromatic rings. The SMILES string of the molecule is CC(Nc1nc2c([nH]1)c(=O)n(C)c(=O)n2C)C(=O)N(C)C. The van der Waals surface area contributed by atoms with Gasteiger partial charge < -0.3 is 15.2 Å². The number of carbonyl (C=O) groups is 1. The van der Waals surface area contributed by atoms with E-state index in [0.29, 0.717) is 0 Å². The lowest BCUT2D eigenvalue weighted by atomic mass is 10.3. The second kappa shape index (κ2) is 5.08. The predicted molar refractivity (Wildman–Crippen MR) is 78.4 cm³/mol. The first kappa shape index (κ1) is 14.8. The van der Waals surface area contributed by atoms with Gasteiger partial charge in [-0.2, -0.15) is 4.98 Å². The molecule has 0 aliphatic rings. The summed E-state index contributed by atoms with van der Waals surface area (Å²) in [6.07, 6.45) is 0. The van der Waals surface area contributed by atoms with E-state index < -0.39 is 17.3 Å².